The summed E-state index contributed by atoms with van der Waals surface area (Å²) in [6.07, 6.45) is 1.71. The Labute approximate surface area is 109 Å². The first-order chi connectivity index (χ1) is 6.86. The molecule has 1 heterocycles. The van der Waals surface area contributed by atoms with Crippen molar-refractivity contribution in [1.82, 2.24) is 0 Å². The minimum atomic E-state index is -0.0101. The molecule has 0 fully saturated rings. The van der Waals surface area contributed by atoms with Gasteiger partial charge in [0.2, 0.25) is 0 Å². The van der Waals surface area contributed by atoms with Crippen molar-refractivity contribution in [2.75, 3.05) is 0 Å². The van der Waals surface area contributed by atoms with Crippen LogP contribution >= 0.6 is 33.9 Å². The second-order valence-corrected chi connectivity index (χ2v) is 7.39. The van der Waals surface area contributed by atoms with Crippen molar-refractivity contribution in [3.8, 4) is 0 Å². The van der Waals surface area contributed by atoms with E-state index in [2.05, 4.69) is 49.4 Å². The molecule has 0 bridgehead atoms. The Kier molecular flexibility index (Phi) is 4.35. The van der Waals surface area contributed by atoms with E-state index < -0.39 is 0 Å². The minimum absolute atomic E-state index is 0.0101. The fraction of sp³-hybridized carbons (Fsp3) is 0.583. The van der Waals surface area contributed by atoms with E-state index >= 15 is 0 Å². The van der Waals surface area contributed by atoms with Gasteiger partial charge in [0.1, 0.15) is 5.78 Å². The number of hydrogen-bond donors (Lipinski definition) is 0. The average Bonchev–Trinajstić information content (AvgIpc) is 2.45. The van der Waals surface area contributed by atoms with Gasteiger partial charge in [-0.2, -0.15) is 0 Å². The molecule has 0 amide bonds. The Morgan fingerprint density at radius 3 is 2.53 bits per heavy atom. The van der Waals surface area contributed by atoms with Gasteiger partial charge >= 0.3 is 0 Å². The largest absolute Gasteiger partial charge is 0.300 e. The number of hydrogen-bond acceptors (Lipinski definition) is 2. The van der Waals surface area contributed by atoms with Gasteiger partial charge in [-0.15, -0.1) is 11.3 Å². The van der Waals surface area contributed by atoms with Gasteiger partial charge in [-0.25, -0.2) is 0 Å². The van der Waals surface area contributed by atoms with E-state index in [1.54, 1.807) is 6.92 Å². The summed E-state index contributed by atoms with van der Waals surface area (Å²) in [5.41, 5.74) is 1.40. The molecule has 1 aromatic rings. The molecule has 0 aliphatic rings. The number of ketones is 1. The van der Waals surface area contributed by atoms with Crippen molar-refractivity contribution in [3.63, 3.8) is 0 Å². The number of aryl methyl sites for hydroxylation is 1. The standard InChI is InChI=1S/C12H17IOS/c1-5-9-6-10(15-11(9)13)12(3,4)7-8(2)14/h6H,5,7H2,1-4H3. The predicted octanol–water partition coefficient (Wildman–Crippen LogP) is 4.17. The Bertz CT molecular complexity index is 366. The zero-order valence-corrected chi connectivity index (χ0v) is 12.7. The molecule has 1 rings (SSSR count). The Morgan fingerprint density at radius 2 is 2.13 bits per heavy atom. The maximum atomic E-state index is 11.2. The molecule has 0 unspecified atom stereocenters. The molecule has 0 saturated carbocycles. The molecule has 0 aliphatic carbocycles. The zero-order chi connectivity index (χ0) is 11.6. The molecule has 0 N–H and O–H groups in total. The molecule has 0 aromatic carbocycles. The predicted molar refractivity (Wildman–Crippen MR) is 74.7 cm³/mol. The molecular weight excluding hydrogens is 319 g/mol. The summed E-state index contributed by atoms with van der Waals surface area (Å²) < 4.78 is 1.36. The van der Waals surface area contributed by atoms with Gasteiger partial charge in [-0.1, -0.05) is 20.8 Å². The maximum Gasteiger partial charge on any atom is 0.130 e. The highest BCUT2D eigenvalue weighted by Gasteiger charge is 2.25. The van der Waals surface area contributed by atoms with Gasteiger partial charge in [0.25, 0.3) is 0 Å². The van der Waals surface area contributed by atoms with E-state index in [-0.39, 0.29) is 11.2 Å². The van der Waals surface area contributed by atoms with Crippen LogP contribution < -0.4 is 0 Å². The van der Waals surface area contributed by atoms with Crippen molar-refractivity contribution < 1.29 is 4.79 Å². The second kappa shape index (κ2) is 4.95. The highest BCUT2D eigenvalue weighted by atomic mass is 127. The lowest BCUT2D eigenvalue weighted by molar-refractivity contribution is -0.117. The highest BCUT2D eigenvalue weighted by Crippen LogP contribution is 2.36. The van der Waals surface area contributed by atoms with E-state index in [0.717, 1.165) is 6.42 Å². The van der Waals surface area contributed by atoms with E-state index in [9.17, 15) is 4.79 Å². The third kappa shape index (κ3) is 3.28. The lowest BCUT2D eigenvalue weighted by Crippen LogP contribution is -2.19. The quantitative estimate of drug-likeness (QED) is 0.754. The molecule has 1 nitrogen and oxygen atoms in total. The molecule has 0 aliphatic heterocycles. The first-order valence-electron chi connectivity index (χ1n) is 5.15. The first kappa shape index (κ1) is 13.2. The Hall–Kier alpha value is 0.100. The molecular formula is C12H17IOS. The van der Waals surface area contributed by atoms with E-state index in [1.165, 1.54) is 13.3 Å². The van der Waals surface area contributed by atoms with Crippen LogP contribution in [0.3, 0.4) is 0 Å². The summed E-state index contributed by atoms with van der Waals surface area (Å²) >= 11 is 4.21. The summed E-state index contributed by atoms with van der Waals surface area (Å²) in [5.74, 6) is 0.265. The Balaban J connectivity index is 2.99. The van der Waals surface area contributed by atoms with Gasteiger partial charge < -0.3 is 0 Å². The number of carbonyl (C=O) groups excluding carboxylic acids is 1. The fourth-order valence-electron chi connectivity index (χ4n) is 1.69. The summed E-state index contributed by atoms with van der Waals surface area (Å²) in [6, 6.07) is 2.26. The van der Waals surface area contributed by atoms with Crippen LogP contribution in [-0.2, 0) is 16.6 Å². The molecule has 0 radical (unpaired) electrons. The number of carbonyl (C=O) groups is 1. The van der Waals surface area contributed by atoms with Crippen LogP contribution in [0.1, 0.15) is 44.6 Å². The van der Waals surface area contributed by atoms with Crippen molar-refractivity contribution in [2.45, 2.75) is 46.0 Å². The average molecular weight is 336 g/mol. The maximum absolute atomic E-state index is 11.2. The zero-order valence-electron chi connectivity index (χ0n) is 9.69. The lowest BCUT2D eigenvalue weighted by Gasteiger charge is -2.21. The molecule has 3 heteroatoms. The second-order valence-electron chi connectivity index (χ2n) is 4.53. The number of halogens is 1. The fourth-order valence-corrected chi connectivity index (χ4v) is 4.02. The van der Waals surface area contributed by atoms with Crippen LogP contribution in [0.15, 0.2) is 6.07 Å². The molecule has 15 heavy (non-hydrogen) atoms. The van der Waals surface area contributed by atoms with Gasteiger partial charge in [0, 0.05) is 16.7 Å². The summed E-state index contributed by atoms with van der Waals surface area (Å²) in [6.45, 7) is 8.14. The van der Waals surface area contributed by atoms with Crippen LogP contribution in [0.25, 0.3) is 0 Å². The van der Waals surface area contributed by atoms with Gasteiger partial charge in [-0.3, -0.25) is 4.79 Å². The third-order valence-corrected chi connectivity index (χ3v) is 5.18. The number of rotatable bonds is 4. The first-order valence-corrected chi connectivity index (χ1v) is 7.04. The topological polar surface area (TPSA) is 17.1 Å². The summed E-state index contributed by atoms with van der Waals surface area (Å²) in [5, 5.41) is 0. The van der Waals surface area contributed by atoms with Crippen molar-refractivity contribution in [3.05, 3.63) is 19.4 Å². The Morgan fingerprint density at radius 1 is 1.53 bits per heavy atom. The van der Waals surface area contributed by atoms with E-state index in [0.29, 0.717) is 6.42 Å². The SMILES string of the molecule is CCc1cc(C(C)(C)CC(C)=O)sc1I. The number of thiophene rings is 1. The van der Waals surface area contributed by atoms with Crippen LogP contribution in [0.2, 0.25) is 0 Å². The molecule has 0 atom stereocenters. The van der Waals surface area contributed by atoms with E-state index in [4.69, 9.17) is 0 Å². The van der Waals surface area contributed by atoms with Crippen molar-refractivity contribution in [2.24, 2.45) is 0 Å². The third-order valence-electron chi connectivity index (χ3n) is 2.50. The van der Waals surface area contributed by atoms with Crippen molar-refractivity contribution >= 4 is 39.7 Å². The van der Waals surface area contributed by atoms with E-state index in [1.807, 2.05) is 11.3 Å². The minimum Gasteiger partial charge on any atom is -0.300 e. The van der Waals surface area contributed by atoms with Crippen LogP contribution in [-0.4, -0.2) is 5.78 Å². The smallest absolute Gasteiger partial charge is 0.130 e. The summed E-state index contributed by atoms with van der Waals surface area (Å²) in [4.78, 5) is 12.5. The summed E-state index contributed by atoms with van der Waals surface area (Å²) in [7, 11) is 0. The van der Waals surface area contributed by atoms with Gasteiger partial charge in [0.05, 0.1) is 2.88 Å². The molecule has 0 spiro atoms. The number of Topliss-reactive ketones (excluding diaryl/α,β-unsaturated/α-hetero) is 1. The van der Waals surface area contributed by atoms with Crippen molar-refractivity contribution in [1.29, 1.82) is 0 Å². The van der Waals surface area contributed by atoms with Crippen LogP contribution in [0, 0.1) is 2.88 Å². The highest BCUT2D eigenvalue weighted by molar-refractivity contribution is 14.1. The molecule has 1 aromatic heterocycles. The van der Waals surface area contributed by atoms with Gasteiger partial charge in [0.15, 0.2) is 0 Å². The monoisotopic (exact) mass is 336 g/mol. The van der Waals surface area contributed by atoms with Crippen LogP contribution in [0.4, 0.5) is 0 Å². The molecule has 84 valence electrons. The lowest BCUT2D eigenvalue weighted by atomic mass is 9.85. The molecule has 0 saturated heterocycles. The normalized spacial score (nSPS) is 11.8. The van der Waals surface area contributed by atoms with Crippen LogP contribution in [0.5, 0.6) is 0 Å². The van der Waals surface area contributed by atoms with Gasteiger partial charge in [-0.05, 0) is 47.6 Å².